The average molecular weight is 509 g/mol. The van der Waals surface area contributed by atoms with Gasteiger partial charge in [0.2, 0.25) is 11.8 Å². The minimum Gasteiger partial charge on any atom is -0.324 e. The summed E-state index contributed by atoms with van der Waals surface area (Å²) in [6.45, 7) is 0. The Bertz CT molecular complexity index is 1120. The molecule has 4 nitrogen and oxygen atoms in total. The van der Waals surface area contributed by atoms with E-state index in [2.05, 4.69) is 10.6 Å². The minimum atomic E-state index is -0.446. The molecule has 0 unspecified atom stereocenters. The lowest BCUT2D eigenvalue weighted by Crippen LogP contribution is -2.37. The van der Waals surface area contributed by atoms with Crippen LogP contribution >= 0.6 is 0 Å². The van der Waals surface area contributed by atoms with Gasteiger partial charge in [-0.25, -0.2) is 0 Å². The number of anilines is 2. The second-order valence-electron chi connectivity index (χ2n) is 11.1. The fraction of sp³-hybridized carbons (Fsp3) is 0.412. The fourth-order valence-electron chi connectivity index (χ4n) is 6.71. The van der Waals surface area contributed by atoms with Gasteiger partial charge in [-0.15, -0.1) is 0 Å². The van der Waals surface area contributed by atoms with Crippen LogP contribution < -0.4 is 10.6 Å². The summed E-state index contributed by atoms with van der Waals surface area (Å²) in [7, 11) is 0. The van der Waals surface area contributed by atoms with E-state index in [9.17, 15) is 9.59 Å². The number of amides is 2. The Kier molecular flexibility index (Phi) is 8.90. The molecule has 0 aromatic heterocycles. The highest BCUT2D eigenvalue weighted by Crippen LogP contribution is 2.41. The Morgan fingerprint density at radius 2 is 0.921 bits per heavy atom. The van der Waals surface area contributed by atoms with Crippen LogP contribution in [0.15, 0.2) is 84.9 Å². The van der Waals surface area contributed by atoms with Crippen LogP contribution in [-0.4, -0.2) is 11.8 Å². The van der Waals surface area contributed by atoms with E-state index in [1.165, 1.54) is 38.5 Å². The van der Waals surface area contributed by atoms with Crippen molar-refractivity contribution in [2.24, 2.45) is 17.8 Å². The molecule has 5 rings (SSSR count). The van der Waals surface area contributed by atoms with Crippen LogP contribution in [0.4, 0.5) is 11.4 Å². The van der Waals surface area contributed by atoms with Gasteiger partial charge in [-0.05, 0) is 60.8 Å². The van der Waals surface area contributed by atoms with Gasteiger partial charge in [0.1, 0.15) is 0 Å². The summed E-state index contributed by atoms with van der Waals surface area (Å²) in [5.74, 6) is 0.566. The quantitative estimate of drug-likeness (QED) is 0.322. The predicted octanol–water partition coefficient (Wildman–Crippen LogP) is 8.17. The Morgan fingerprint density at radius 3 is 1.37 bits per heavy atom. The second kappa shape index (κ2) is 12.9. The van der Waals surface area contributed by atoms with Crippen molar-refractivity contribution in [2.75, 3.05) is 10.6 Å². The molecule has 38 heavy (non-hydrogen) atoms. The smallest absolute Gasteiger partial charge is 0.236 e. The van der Waals surface area contributed by atoms with Crippen LogP contribution in [0, 0.1) is 17.8 Å². The highest BCUT2D eigenvalue weighted by molar-refractivity contribution is 6.03. The van der Waals surface area contributed by atoms with Crippen molar-refractivity contribution in [1.82, 2.24) is 0 Å². The molecule has 0 heterocycles. The van der Waals surface area contributed by atoms with Gasteiger partial charge in [0.25, 0.3) is 0 Å². The first-order valence-corrected chi connectivity index (χ1v) is 14.5. The van der Waals surface area contributed by atoms with E-state index in [0.717, 1.165) is 36.8 Å². The van der Waals surface area contributed by atoms with Gasteiger partial charge in [0.05, 0.1) is 17.3 Å². The van der Waals surface area contributed by atoms with Crippen molar-refractivity contribution in [1.29, 1.82) is 0 Å². The summed E-state index contributed by atoms with van der Waals surface area (Å²) < 4.78 is 0. The van der Waals surface area contributed by atoms with Gasteiger partial charge in [-0.3, -0.25) is 9.59 Å². The number of benzene rings is 3. The molecule has 3 aromatic carbocycles. The standard InChI is InChI=1S/C34H40N2O2/c37-33(31(25-15-5-1-6-16-25)26-17-7-2-8-18-26)35-29-23-13-14-24-30(29)36-34(38)32(27-19-9-3-10-20-27)28-21-11-4-12-22-28/h1-2,5-8,13-18,23-24,27-28,31-32H,3-4,9-12,19-22H2,(H,35,37)(H,36,38). The largest absolute Gasteiger partial charge is 0.324 e. The molecule has 4 heteroatoms. The molecule has 2 aliphatic rings. The third kappa shape index (κ3) is 6.35. The van der Waals surface area contributed by atoms with E-state index >= 15 is 0 Å². The van der Waals surface area contributed by atoms with Crippen molar-refractivity contribution in [3.8, 4) is 0 Å². The predicted molar refractivity (Wildman–Crippen MR) is 155 cm³/mol. The van der Waals surface area contributed by atoms with Crippen LogP contribution in [0.5, 0.6) is 0 Å². The number of rotatable bonds is 8. The summed E-state index contributed by atoms with van der Waals surface area (Å²) in [5, 5.41) is 6.43. The lowest BCUT2D eigenvalue weighted by atomic mass is 9.69. The molecule has 2 amide bonds. The molecule has 0 saturated heterocycles. The molecule has 2 saturated carbocycles. The van der Waals surface area contributed by atoms with Crippen LogP contribution in [0.1, 0.15) is 81.3 Å². The lowest BCUT2D eigenvalue weighted by Gasteiger charge is -2.37. The van der Waals surface area contributed by atoms with E-state index in [0.29, 0.717) is 23.2 Å². The molecule has 2 aliphatic carbocycles. The third-order valence-corrected chi connectivity index (χ3v) is 8.59. The first-order valence-electron chi connectivity index (χ1n) is 14.5. The van der Waals surface area contributed by atoms with Crippen molar-refractivity contribution >= 4 is 23.2 Å². The number of hydrogen-bond acceptors (Lipinski definition) is 2. The Hall–Kier alpha value is -3.40. The average Bonchev–Trinajstić information content (AvgIpc) is 2.97. The topological polar surface area (TPSA) is 58.2 Å². The maximum atomic E-state index is 13.9. The molecular formula is C34H40N2O2. The number of carbonyl (C=O) groups is 2. The van der Waals surface area contributed by atoms with E-state index in [-0.39, 0.29) is 17.7 Å². The minimum absolute atomic E-state index is 0.0562. The molecule has 0 aliphatic heterocycles. The molecule has 198 valence electrons. The van der Waals surface area contributed by atoms with E-state index in [1.54, 1.807) is 0 Å². The molecule has 0 spiro atoms. The van der Waals surface area contributed by atoms with Gasteiger partial charge in [-0.1, -0.05) is 111 Å². The van der Waals surface area contributed by atoms with Crippen molar-refractivity contribution < 1.29 is 9.59 Å². The highest BCUT2D eigenvalue weighted by atomic mass is 16.2. The molecular weight excluding hydrogens is 468 g/mol. The molecule has 0 atom stereocenters. The zero-order valence-corrected chi connectivity index (χ0v) is 22.3. The van der Waals surface area contributed by atoms with Crippen LogP contribution in [-0.2, 0) is 9.59 Å². The van der Waals surface area contributed by atoms with E-state index in [1.807, 2.05) is 84.9 Å². The lowest BCUT2D eigenvalue weighted by molar-refractivity contribution is -0.124. The number of para-hydroxylation sites is 2. The number of nitrogens with one attached hydrogen (secondary N) is 2. The van der Waals surface area contributed by atoms with Crippen molar-refractivity contribution in [3.63, 3.8) is 0 Å². The maximum absolute atomic E-state index is 13.9. The van der Waals surface area contributed by atoms with Crippen LogP contribution in [0.2, 0.25) is 0 Å². The number of carbonyl (C=O) groups excluding carboxylic acids is 2. The van der Waals surface area contributed by atoms with Crippen LogP contribution in [0.3, 0.4) is 0 Å². The zero-order valence-electron chi connectivity index (χ0n) is 22.3. The summed E-state index contributed by atoms with van der Waals surface area (Å²) in [5.41, 5.74) is 3.20. The second-order valence-corrected chi connectivity index (χ2v) is 11.1. The maximum Gasteiger partial charge on any atom is 0.236 e. The van der Waals surface area contributed by atoms with Gasteiger partial charge in [-0.2, -0.15) is 0 Å². The van der Waals surface area contributed by atoms with E-state index < -0.39 is 5.92 Å². The number of hydrogen-bond donors (Lipinski definition) is 2. The first-order chi connectivity index (χ1) is 18.7. The summed E-state index contributed by atoms with van der Waals surface area (Å²) in [6, 6.07) is 27.4. The summed E-state index contributed by atoms with van der Waals surface area (Å²) in [6.07, 6.45) is 12.1. The molecule has 0 radical (unpaired) electrons. The molecule has 2 fully saturated rings. The molecule has 2 N–H and O–H groups in total. The fourth-order valence-corrected chi connectivity index (χ4v) is 6.71. The molecule has 3 aromatic rings. The highest BCUT2D eigenvalue weighted by Gasteiger charge is 2.36. The SMILES string of the molecule is O=C(Nc1ccccc1NC(=O)C(C1CCCCC1)C1CCCCC1)C(c1ccccc1)c1ccccc1. The molecule has 0 bridgehead atoms. The van der Waals surface area contributed by atoms with Crippen molar-refractivity contribution in [3.05, 3.63) is 96.1 Å². The summed E-state index contributed by atoms with van der Waals surface area (Å²) >= 11 is 0. The first kappa shape index (κ1) is 26.2. The van der Waals surface area contributed by atoms with Gasteiger partial charge in [0.15, 0.2) is 0 Å². The van der Waals surface area contributed by atoms with E-state index in [4.69, 9.17) is 0 Å². The Labute approximate surface area is 227 Å². The van der Waals surface area contributed by atoms with Gasteiger partial charge >= 0.3 is 0 Å². The van der Waals surface area contributed by atoms with Gasteiger partial charge in [0, 0.05) is 5.92 Å². The zero-order chi connectivity index (χ0) is 26.2. The van der Waals surface area contributed by atoms with Gasteiger partial charge < -0.3 is 10.6 Å². The monoisotopic (exact) mass is 508 g/mol. The third-order valence-electron chi connectivity index (χ3n) is 8.59. The Balaban J connectivity index is 1.37. The Morgan fingerprint density at radius 1 is 0.526 bits per heavy atom. The van der Waals surface area contributed by atoms with Crippen molar-refractivity contribution in [2.45, 2.75) is 70.1 Å². The normalized spacial score (nSPS) is 16.9. The summed E-state index contributed by atoms with van der Waals surface area (Å²) in [4.78, 5) is 27.7. The van der Waals surface area contributed by atoms with Crippen LogP contribution in [0.25, 0.3) is 0 Å².